The van der Waals surface area contributed by atoms with Gasteiger partial charge in [-0.05, 0) is 29.6 Å². The minimum absolute atomic E-state index is 0.0259. The van der Waals surface area contributed by atoms with Crippen LogP contribution < -0.4 is 4.72 Å². The summed E-state index contributed by atoms with van der Waals surface area (Å²) in [6.45, 7) is 0. The molecule has 0 spiro atoms. The number of aromatic nitrogens is 2. The van der Waals surface area contributed by atoms with Crippen molar-refractivity contribution in [2.45, 2.75) is 17.2 Å². The topological polar surface area (TPSA) is 64.0 Å². The summed E-state index contributed by atoms with van der Waals surface area (Å²) >= 11 is 1.17. The van der Waals surface area contributed by atoms with E-state index < -0.39 is 39.2 Å². The van der Waals surface area contributed by atoms with Gasteiger partial charge < -0.3 is 0 Å². The number of anilines is 1. The third kappa shape index (κ3) is 4.56. The summed E-state index contributed by atoms with van der Waals surface area (Å²) in [5.41, 5.74) is -4.10. The maximum atomic E-state index is 13.0. The molecule has 0 aliphatic carbocycles. The second-order valence-corrected chi connectivity index (χ2v) is 8.49. The molecule has 0 aliphatic rings. The summed E-state index contributed by atoms with van der Waals surface area (Å²) < 4.78 is 106. The maximum absolute atomic E-state index is 13.0. The van der Waals surface area contributed by atoms with Crippen LogP contribution in [0.4, 0.5) is 32.0 Å². The summed E-state index contributed by atoms with van der Waals surface area (Å²) in [7, 11) is -3.10. The third-order valence-electron chi connectivity index (χ3n) is 3.68. The quantitative estimate of drug-likeness (QED) is 0.564. The van der Waals surface area contributed by atoms with Crippen LogP contribution in [0.25, 0.3) is 10.6 Å². The molecule has 2 aromatic heterocycles. The molecule has 0 radical (unpaired) electrons. The van der Waals surface area contributed by atoms with Crippen LogP contribution in [0.5, 0.6) is 0 Å². The van der Waals surface area contributed by atoms with Crippen LogP contribution in [0.2, 0.25) is 0 Å². The van der Waals surface area contributed by atoms with Gasteiger partial charge in [-0.15, -0.1) is 11.3 Å². The summed E-state index contributed by atoms with van der Waals surface area (Å²) in [5, 5.41) is 5.69. The molecule has 5 nitrogen and oxygen atoms in total. The predicted molar refractivity (Wildman–Crippen MR) is 93.8 cm³/mol. The van der Waals surface area contributed by atoms with Crippen molar-refractivity contribution >= 4 is 27.0 Å². The molecule has 1 aromatic carbocycles. The fourth-order valence-electron chi connectivity index (χ4n) is 2.47. The van der Waals surface area contributed by atoms with E-state index in [2.05, 4.69) is 5.10 Å². The van der Waals surface area contributed by atoms with E-state index in [-0.39, 0.29) is 16.7 Å². The Bertz CT molecular complexity index is 1100. The van der Waals surface area contributed by atoms with Gasteiger partial charge in [0.25, 0.3) is 10.0 Å². The highest BCUT2D eigenvalue weighted by Gasteiger charge is 2.37. The normalized spacial score (nSPS) is 12.9. The fraction of sp³-hybridized carbons (Fsp3) is 0.188. The maximum Gasteiger partial charge on any atom is 0.416 e. The third-order valence-corrected chi connectivity index (χ3v) is 5.94. The number of sulfonamides is 1. The van der Waals surface area contributed by atoms with E-state index >= 15 is 0 Å². The van der Waals surface area contributed by atoms with Crippen molar-refractivity contribution in [1.29, 1.82) is 0 Å². The van der Waals surface area contributed by atoms with E-state index in [0.29, 0.717) is 17.0 Å². The molecule has 0 aliphatic heterocycles. The molecule has 0 bridgehead atoms. The van der Waals surface area contributed by atoms with E-state index in [1.165, 1.54) is 23.1 Å². The molecular formula is C16H11F6N3O2S2. The van der Waals surface area contributed by atoms with Crippen molar-refractivity contribution in [3.8, 4) is 10.6 Å². The molecule has 0 amide bonds. The molecule has 13 heteroatoms. The van der Waals surface area contributed by atoms with Crippen LogP contribution in [0.3, 0.4) is 0 Å². The zero-order valence-electron chi connectivity index (χ0n) is 14.3. The first kappa shape index (κ1) is 21.2. The zero-order valence-corrected chi connectivity index (χ0v) is 16.0. The number of nitrogens with zero attached hydrogens (tertiary/aromatic N) is 2. The lowest BCUT2D eigenvalue weighted by Gasteiger charge is -2.15. The molecule has 29 heavy (non-hydrogen) atoms. The largest absolute Gasteiger partial charge is 0.416 e. The number of halogens is 6. The van der Waals surface area contributed by atoms with E-state index in [0.717, 1.165) is 6.20 Å². The number of hydrogen-bond donors (Lipinski definition) is 1. The smallest absolute Gasteiger partial charge is 0.279 e. The molecule has 0 unspecified atom stereocenters. The number of aryl methyl sites for hydroxylation is 1. The van der Waals surface area contributed by atoms with Crippen LogP contribution in [0.1, 0.15) is 11.1 Å². The number of nitrogens with one attached hydrogen (secondary N) is 1. The lowest BCUT2D eigenvalue weighted by Crippen LogP contribution is -2.16. The van der Waals surface area contributed by atoms with Gasteiger partial charge in [-0.1, -0.05) is 6.07 Å². The van der Waals surface area contributed by atoms with Crippen molar-refractivity contribution in [1.82, 2.24) is 9.78 Å². The number of rotatable bonds is 4. The van der Waals surface area contributed by atoms with Crippen LogP contribution in [-0.4, -0.2) is 18.2 Å². The Morgan fingerprint density at radius 1 is 1.03 bits per heavy atom. The van der Waals surface area contributed by atoms with Gasteiger partial charge in [-0.3, -0.25) is 9.40 Å². The molecule has 2 heterocycles. The fourth-order valence-corrected chi connectivity index (χ4v) is 4.49. The Kier molecular flexibility index (Phi) is 5.15. The van der Waals surface area contributed by atoms with Crippen LogP contribution in [0, 0.1) is 0 Å². The number of thiophene rings is 1. The average Bonchev–Trinajstić information content (AvgIpc) is 3.21. The number of alkyl halides is 6. The highest BCUT2D eigenvalue weighted by atomic mass is 32.2. The highest BCUT2D eigenvalue weighted by Crippen LogP contribution is 2.38. The summed E-state index contributed by atoms with van der Waals surface area (Å²) in [6.07, 6.45) is -9.09. The second kappa shape index (κ2) is 7.06. The van der Waals surface area contributed by atoms with E-state index in [4.69, 9.17) is 0 Å². The summed E-state index contributed by atoms with van der Waals surface area (Å²) in [5.74, 6) is 0. The first-order chi connectivity index (χ1) is 13.3. The zero-order chi connectivity index (χ0) is 21.6. The summed E-state index contributed by atoms with van der Waals surface area (Å²) in [4.78, 5) is 0.0828. The predicted octanol–water partition coefficient (Wildman–Crippen LogP) is 4.99. The lowest BCUT2D eigenvalue weighted by atomic mass is 10.1. The van der Waals surface area contributed by atoms with Gasteiger partial charge in [-0.2, -0.15) is 31.4 Å². The van der Waals surface area contributed by atoms with Gasteiger partial charge in [0, 0.05) is 13.2 Å². The Hall–Kier alpha value is -2.54. The Morgan fingerprint density at radius 2 is 1.62 bits per heavy atom. The molecule has 3 rings (SSSR count). The van der Waals surface area contributed by atoms with Gasteiger partial charge in [0.15, 0.2) is 0 Å². The molecular weight excluding hydrogens is 444 g/mol. The van der Waals surface area contributed by atoms with Crippen molar-refractivity contribution < 1.29 is 34.8 Å². The minimum Gasteiger partial charge on any atom is -0.279 e. The van der Waals surface area contributed by atoms with Crippen LogP contribution in [-0.2, 0) is 29.4 Å². The van der Waals surface area contributed by atoms with E-state index in [1.54, 1.807) is 22.2 Å². The van der Waals surface area contributed by atoms with Gasteiger partial charge >= 0.3 is 12.4 Å². The molecule has 0 saturated heterocycles. The van der Waals surface area contributed by atoms with Gasteiger partial charge in [-0.25, -0.2) is 8.42 Å². The molecule has 156 valence electrons. The Balaban J connectivity index is 2.08. The average molecular weight is 455 g/mol. The SMILES string of the molecule is Cn1cc(S(=O)(=O)Nc2cc(C(F)(F)F)cc(C(F)(F)F)c2)c(-c2cccs2)n1. The first-order valence-electron chi connectivity index (χ1n) is 7.67. The van der Waals surface area contributed by atoms with Crippen LogP contribution in [0.15, 0.2) is 46.8 Å². The van der Waals surface area contributed by atoms with Gasteiger partial charge in [0.1, 0.15) is 10.6 Å². The Morgan fingerprint density at radius 3 is 2.10 bits per heavy atom. The molecule has 0 atom stereocenters. The standard InChI is InChI=1S/C16H11F6N3O2S2/c1-25-8-13(14(23-25)12-3-2-4-28-12)29(26,27)24-11-6-9(15(17,18)19)5-10(7-11)16(20,21)22/h2-8,24H,1H3. The molecule has 0 fully saturated rings. The second-order valence-electron chi connectivity index (χ2n) is 5.89. The number of hydrogen-bond acceptors (Lipinski definition) is 4. The van der Waals surface area contributed by atoms with Gasteiger partial charge in [0.2, 0.25) is 0 Å². The Labute approximate surface area is 164 Å². The highest BCUT2D eigenvalue weighted by molar-refractivity contribution is 7.92. The van der Waals surface area contributed by atoms with Crippen LogP contribution >= 0.6 is 11.3 Å². The summed E-state index contributed by atoms with van der Waals surface area (Å²) in [6, 6.07) is 3.74. The van der Waals surface area contributed by atoms with Gasteiger partial charge in [0.05, 0.1) is 21.7 Å². The minimum atomic E-state index is -5.10. The van der Waals surface area contributed by atoms with E-state index in [9.17, 15) is 34.8 Å². The molecule has 0 saturated carbocycles. The lowest BCUT2D eigenvalue weighted by molar-refractivity contribution is -0.143. The monoisotopic (exact) mass is 455 g/mol. The molecule has 1 N–H and O–H groups in total. The van der Waals surface area contributed by atoms with E-state index in [1.807, 2.05) is 0 Å². The number of benzene rings is 1. The van der Waals surface area contributed by atoms with Crippen molar-refractivity contribution in [2.24, 2.45) is 7.05 Å². The molecule has 3 aromatic rings. The van der Waals surface area contributed by atoms with Crippen molar-refractivity contribution in [3.05, 3.63) is 53.0 Å². The van der Waals surface area contributed by atoms with Crippen molar-refractivity contribution in [2.75, 3.05) is 4.72 Å². The first-order valence-corrected chi connectivity index (χ1v) is 10.0. The van der Waals surface area contributed by atoms with Crippen molar-refractivity contribution in [3.63, 3.8) is 0 Å².